The molecule has 3 aromatic rings. The molecule has 0 radical (unpaired) electrons. The zero-order chi connectivity index (χ0) is 28.5. The molecule has 3 aliphatic rings. The summed E-state index contributed by atoms with van der Waals surface area (Å²) in [6.45, 7) is 8.59. The third kappa shape index (κ3) is 5.58. The molecule has 0 spiro atoms. The molecular formula is C33H35N5O2S. The Kier molecular flexibility index (Phi) is 7.51. The molecule has 1 aliphatic carbocycles. The second-order valence-electron chi connectivity index (χ2n) is 11.0. The summed E-state index contributed by atoms with van der Waals surface area (Å²) in [6.07, 6.45) is 6.79. The van der Waals surface area contributed by atoms with E-state index in [0.29, 0.717) is 43.6 Å². The van der Waals surface area contributed by atoms with Crippen molar-refractivity contribution in [2.24, 2.45) is 5.92 Å². The SMILES string of the molecule is C=C1CNN(C(=S)NCC2=CC(C)C=C2)C2CN(Cc3cccc4ccccc34)C(=O)[C@H](Cc3ccc(O)cc3)N12. The maximum atomic E-state index is 14.2. The van der Waals surface area contributed by atoms with Crippen molar-refractivity contribution < 1.29 is 9.90 Å². The summed E-state index contributed by atoms with van der Waals surface area (Å²) < 4.78 is 0. The van der Waals surface area contributed by atoms with E-state index in [2.05, 4.69) is 77.7 Å². The number of allylic oxidation sites excluding steroid dienone is 2. The van der Waals surface area contributed by atoms with E-state index < -0.39 is 6.04 Å². The van der Waals surface area contributed by atoms with Gasteiger partial charge < -0.3 is 20.2 Å². The zero-order valence-corrected chi connectivity index (χ0v) is 24.0. The Morgan fingerprint density at radius 1 is 1.12 bits per heavy atom. The van der Waals surface area contributed by atoms with E-state index in [1.165, 1.54) is 5.57 Å². The number of phenolic OH excluding ortho intramolecular Hbond substituents is 1. The number of nitrogens with one attached hydrogen (secondary N) is 2. The molecular weight excluding hydrogens is 530 g/mol. The lowest BCUT2D eigenvalue weighted by Crippen LogP contribution is -2.73. The molecule has 210 valence electrons. The topological polar surface area (TPSA) is 71.1 Å². The average Bonchev–Trinajstić information content (AvgIpc) is 3.40. The first-order valence-corrected chi connectivity index (χ1v) is 14.5. The first kappa shape index (κ1) is 27.1. The van der Waals surface area contributed by atoms with Crippen molar-refractivity contribution in [3.63, 3.8) is 0 Å². The van der Waals surface area contributed by atoms with Crippen LogP contribution in [0.2, 0.25) is 0 Å². The molecule has 2 unspecified atom stereocenters. The van der Waals surface area contributed by atoms with E-state index in [1.807, 2.05) is 34.2 Å². The van der Waals surface area contributed by atoms with Crippen LogP contribution in [0.3, 0.4) is 0 Å². The Bertz CT molecular complexity index is 1540. The number of nitrogens with zero attached hydrogens (tertiary/aromatic N) is 3. The van der Waals surface area contributed by atoms with E-state index in [-0.39, 0.29) is 17.8 Å². The predicted molar refractivity (Wildman–Crippen MR) is 167 cm³/mol. The molecule has 0 bridgehead atoms. The number of hydrazine groups is 1. The predicted octanol–water partition coefficient (Wildman–Crippen LogP) is 4.47. The van der Waals surface area contributed by atoms with Gasteiger partial charge in [0, 0.05) is 25.2 Å². The van der Waals surface area contributed by atoms with E-state index in [1.54, 1.807) is 12.1 Å². The van der Waals surface area contributed by atoms with Crippen LogP contribution in [0.4, 0.5) is 0 Å². The number of carbonyl (C=O) groups excluding carboxylic acids is 1. The molecule has 3 aromatic carbocycles. The molecule has 2 heterocycles. The van der Waals surface area contributed by atoms with Crippen molar-refractivity contribution in [3.8, 4) is 5.75 Å². The van der Waals surface area contributed by atoms with Gasteiger partial charge >= 0.3 is 0 Å². The van der Waals surface area contributed by atoms with Gasteiger partial charge in [-0.3, -0.25) is 9.80 Å². The number of fused-ring (bicyclic) bond motifs is 2. The van der Waals surface area contributed by atoms with Gasteiger partial charge in [0.15, 0.2) is 5.11 Å². The zero-order valence-electron chi connectivity index (χ0n) is 23.2. The normalized spacial score (nSPS) is 22.2. The number of hydrogen-bond donors (Lipinski definition) is 3. The highest BCUT2D eigenvalue weighted by Gasteiger charge is 2.46. The first-order chi connectivity index (χ1) is 19.9. The van der Waals surface area contributed by atoms with Crippen LogP contribution >= 0.6 is 12.2 Å². The van der Waals surface area contributed by atoms with Crippen molar-refractivity contribution >= 4 is 34.0 Å². The summed E-state index contributed by atoms with van der Waals surface area (Å²) in [6, 6.07) is 21.2. The van der Waals surface area contributed by atoms with Crippen LogP contribution < -0.4 is 10.7 Å². The molecule has 2 saturated heterocycles. The maximum absolute atomic E-state index is 14.2. The summed E-state index contributed by atoms with van der Waals surface area (Å²) in [7, 11) is 0. The minimum absolute atomic E-state index is 0.0550. The third-order valence-corrected chi connectivity index (χ3v) is 8.45. The summed E-state index contributed by atoms with van der Waals surface area (Å²) in [5, 5.41) is 18.1. The Labute approximate surface area is 246 Å². The van der Waals surface area contributed by atoms with Crippen molar-refractivity contribution in [3.05, 3.63) is 114 Å². The minimum Gasteiger partial charge on any atom is -0.508 e. The van der Waals surface area contributed by atoms with Gasteiger partial charge in [-0.1, -0.05) is 86.3 Å². The van der Waals surface area contributed by atoms with E-state index >= 15 is 0 Å². The number of carbonyl (C=O) groups is 1. The minimum atomic E-state index is -0.463. The molecule has 8 heteroatoms. The summed E-state index contributed by atoms with van der Waals surface area (Å²) in [4.78, 5) is 18.3. The molecule has 6 rings (SSSR count). The van der Waals surface area contributed by atoms with E-state index in [4.69, 9.17) is 12.2 Å². The summed E-state index contributed by atoms with van der Waals surface area (Å²) in [5.41, 5.74) is 7.59. The van der Waals surface area contributed by atoms with Crippen LogP contribution in [-0.2, 0) is 17.8 Å². The maximum Gasteiger partial charge on any atom is 0.246 e. The Morgan fingerprint density at radius 3 is 2.68 bits per heavy atom. The van der Waals surface area contributed by atoms with Gasteiger partial charge in [-0.15, -0.1) is 0 Å². The number of amides is 1. The van der Waals surface area contributed by atoms with Gasteiger partial charge in [-0.25, -0.2) is 5.43 Å². The summed E-state index contributed by atoms with van der Waals surface area (Å²) in [5.74, 6) is 0.689. The van der Waals surface area contributed by atoms with Gasteiger partial charge in [0.1, 0.15) is 18.0 Å². The smallest absolute Gasteiger partial charge is 0.246 e. The quantitative estimate of drug-likeness (QED) is 0.381. The Hall–Kier alpha value is -4.14. The lowest BCUT2D eigenvalue weighted by atomic mass is 9.97. The fraction of sp³-hybridized carbons (Fsp3) is 0.273. The molecule has 41 heavy (non-hydrogen) atoms. The lowest BCUT2D eigenvalue weighted by molar-refractivity contribution is -0.151. The number of aromatic hydroxyl groups is 1. The second kappa shape index (κ2) is 11.4. The van der Waals surface area contributed by atoms with Gasteiger partial charge in [0.25, 0.3) is 0 Å². The molecule has 3 atom stereocenters. The summed E-state index contributed by atoms with van der Waals surface area (Å²) >= 11 is 5.90. The van der Waals surface area contributed by atoms with Crippen molar-refractivity contribution in [2.75, 3.05) is 19.6 Å². The molecule has 1 amide bonds. The largest absolute Gasteiger partial charge is 0.508 e. The highest BCUT2D eigenvalue weighted by Crippen LogP contribution is 2.31. The van der Waals surface area contributed by atoms with Gasteiger partial charge in [0.05, 0.1) is 13.1 Å². The van der Waals surface area contributed by atoms with E-state index in [0.717, 1.165) is 27.6 Å². The van der Waals surface area contributed by atoms with Gasteiger partial charge in [-0.05, 0) is 57.7 Å². The number of benzene rings is 3. The average molecular weight is 566 g/mol. The van der Waals surface area contributed by atoms with Crippen LogP contribution in [0.15, 0.2) is 103 Å². The molecule has 3 N–H and O–H groups in total. The third-order valence-electron chi connectivity index (χ3n) is 8.11. The van der Waals surface area contributed by atoms with Crippen molar-refractivity contribution in [1.29, 1.82) is 0 Å². The Balaban J connectivity index is 1.31. The Morgan fingerprint density at radius 2 is 1.90 bits per heavy atom. The molecule has 0 saturated carbocycles. The van der Waals surface area contributed by atoms with E-state index in [9.17, 15) is 9.90 Å². The first-order valence-electron chi connectivity index (χ1n) is 14.1. The van der Waals surface area contributed by atoms with Crippen LogP contribution in [0.1, 0.15) is 18.1 Å². The fourth-order valence-electron chi connectivity index (χ4n) is 6.05. The number of thiocarbonyl (C=S) groups is 1. The monoisotopic (exact) mass is 565 g/mol. The molecule has 2 fully saturated rings. The van der Waals surface area contributed by atoms with Gasteiger partial charge in [0.2, 0.25) is 5.91 Å². The number of hydrogen-bond acceptors (Lipinski definition) is 5. The standard InChI is InChI=1S/C33H35N5O2S/c1-22-10-11-25(16-22)19-34-33(41)38-31-21-36(20-27-8-5-7-26-6-3-4-9-29(26)27)32(40)30(37(31)23(2)18-35-38)17-24-12-14-28(39)15-13-24/h3-16,22,30-31,35,39H,2,17-21H2,1H3,(H,34,41)/t22?,30-,31?/m0/s1. The van der Waals surface area contributed by atoms with Crippen LogP contribution in [0, 0.1) is 5.92 Å². The van der Waals surface area contributed by atoms with Crippen LogP contribution in [0.5, 0.6) is 5.75 Å². The fourth-order valence-corrected chi connectivity index (χ4v) is 6.31. The molecule has 7 nitrogen and oxygen atoms in total. The molecule has 2 aliphatic heterocycles. The molecule has 0 aromatic heterocycles. The highest BCUT2D eigenvalue weighted by molar-refractivity contribution is 7.80. The van der Waals surface area contributed by atoms with Crippen molar-refractivity contribution in [2.45, 2.75) is 32.1 Å². The second-order valence-corrected chi connectivity index (χ2v) is 11.4. The number of piperazine rings is 1. The van der Waals surface area contributed by atoms with Crippen molar-refractivity contribution in [1.82, 2.24) is 25.6 Å². The highest BCUT2D eigenvalue weighted by atomic mass is 32.1. The van der Waals surface area contributed by atoms with Gasteiger partial charge in [-0.2, -0.15) is 0 Å². The van der Waals surface area contributed by atoms with Crippen LogP contribution in [-0.4, -0.2) is 62.8 Å². The number of rotatable bonds is 6. The van der Waals surface area contributed by atoms with Crippen LogP contribution in [0.25, 0.3) is 10.8 Å². The lowest BCUT2D eigenvalue weighted by Gasteiger charge is -2.54. The number of phenols is 1.